The average molecular weight is 589 g/mol. The Balaban J connectivity index is 1.16. The van der Waals surface area contributed by atoms with Gasteiger partial charge in [0, 0.05) is 44.0 Å². The molecule has 0 aliphatic carbocycles. The Bertz CT molecular complexity index is 1300. The lowest BCUT2D eigenvalue weighted by molar-refractivity contribution is 0.115. The highest BCUT2D eigenvalue weighted by molar-refractivity contribution is 6.33. The molecule has 5 rings (SSSR count). The summed E-state index contributed by atoms with van der Waals surface area (Å²) in [6, 6.07) is 7.64. The fraction of sp³-hybridized carbons (Fsp3) is 0.448. The van der Waals surface area contributed by atoms with E-state index in [9.17, 15) is 8.78 Å². The summed E-state index contributed by atoms with van der Waals surface area (Å²) in [6.07, 6.45) is 5.31. The molecule has 0 unspecified atom stereocenters. The van der Waals surface area contributed by atoms with Crippen LogP contribution in [0.3, 0.4) is 0 Å². The van der Waals surface area contributed by atoms with Crippen molar-refractivity contribution < 1.29 is 23.0 Å². The first kappa shape index (κ1) is 29.1. The molecule has 0 spiro atoms. The first-order valence-corrected chi connectivity index (χ1v) is 14.0. The zero-order valence-corrected chi connectivity index (χ0v) is 24.3. The van der Waals surface area contributed by atoms with Gasteiger partial charge < -0.3 is 29.3 Å². The molecule has 2 saturated heterocycles. The Kier molecular flexibility index (Phi) is 9.26. The topological polar surface area (TPSA) is 75.2 Å². The summed E-state index contributed by atoms with van der Waals surface area (Å²) in [5.41, 5.74) is 1.44. The molecule has 2 fully saturated rings. The number of methoxy groups -OCH3 is 2. The summed E-state index contributed by atoms with van der Waals surface area (Å²) in [4.78, 5) is 15.9. The molecule has 0 radical (unpaired) electrons. The smallest absolute Gasteiger partial charge is 0.227 e. The monoisotopic (exact) mass is 588 g/mol. The maximum atomic E-state index is 14.6. The first-order valence-electron chi connectivity index (χ1n) is 13.6. The van der Waals surface area contributed by atoms with Crippen molar-refractivity contribution in [2.24, 2.45) is 0 Å². The second-order valence-corrected chi connectivity index (χ2v) is 10.7. The Hall–Kier alpha value is -3.41. The van der Waals surface area contributed by atoms with E-state index in [4.69, 9.17) is 25.8 Å². The number of halogens is 3. The van der Waals surface area contributed by atoms with Crippen molar-refractivity contribution in [2.45, 2.75) is 25.5 Å². The van der Waals surface area contributed by atoms with Gasteiger partial charge in [0.05, 0.1) is 42.9 Å². The highest BCUT2D eigenvalue weighted by Gasteiger charge is 2.27. The zero-order valence-electron chi connectivity index (χ0n) is 23.5. The largest absolute Gasteiger partial charge is 0.494 e. The van der Waals surface area contributed by atoms with Crippen molar-refractivity contribution >= 4 is 28.9 Å². The fourth-order valence-electron chi connectivity index (χ4n) is 5.33. The van der Waals surface area contributed by atoms with E-state index in [-0.39, 0.29) is 22.8 Å². The fourth-order valence-corrected chi connectivity index (χ4v) is 5.63. The van der Waals surface area contributed by atoms with Crippen LogP contribution in [0.25, 0.3) is 0 Å². The number of hydrogen-bond donors (Lipinski definition) is 1. The van der Waals surface area contributed by atoms with Gasteiger partial charge in [-0.1, -0.05) is 11.6 Å². The molecular formula is C29H35ClF2N6O3. The maximum absolute atomic E-state index is 14.6. The molecule has 0 saturated carbocycles. The molecule has 41 heavy (non-hydrogen) atoms. The normalized spacial score (nSPS) is 17.0. The van der Waals surface area contributed by atoms with Crippen LogP contribution >= 0.6 is 11.6 Å². The Morgan fingerprint density at radius 3 is 2.15 bits per heavy atom. The Labute approximate surface area is 244 Å². The van der Waals surface area contributed by atoms with Gasteiger partial charge in [-0.25, -0.2) is 18.7 Å². The number of ether oxygens (including phenoxy) is 3. The van der Waals surface area contributed by atoms with Gasteiger partial charge in [0.25, 0.3) is 0 Å². The third-order valence-electron chi connectivity index (χ3n) is 7.74. The van der Waals surface area contributed by atoms with Crippen molar-refractivity contribution in [1.82, 2.24) is 19.8 Å². The number of anilines is 3. The molecule has 0 bridgehead atoms. The lowest BCUT2D eigenvalue weighted by atomic mass is 10.0. The minimum atomic E-state index is -0.857. The summed E-state index contributed by atoms with van der Waals surface area (Å²) in [6.45, 7) is 5.91. The summed E-state index contributed by atoms with van der Waals surface area (Å²) in [5.74, 6) is -1.43. The van der Waals surface area contributed by atoms with Crippen molar-refractivity contribution in [3.8, 4) is 17.2 Å². The maximum Gasteiger partial charge on any atom is 0.227 e. The van der Waals surface area contributed by atoms with Gasteiger partial charge in [0.15, 0.2) is 28.9 Å². The second kappa shape index (κ2) is 13.1. The van der Waals surface area contributed by atoms with Gasteiger partial charge in [-0.3, -0.25) is 4.90 Å². The number of rotatable bonds is 9. The standard InChI is InChI=1S/C29H35ClF2N6O3/c1-36-8-6-20(7-9-36)37-10-12-38(13-11-37)24-5-4-19(14-23(24)30)35-29-33-16-21(17-34-29)41-18-22-27(31)25(39-2)15-26(40-3)28(22)32/h4-5,14-17,20H,6-13,18H2,1-3H3,(H,33,34,35). The molecule has 3 aromatic rings. The Morgan fingerprint density at radius 2 is 1.56 bits per heavy atom. The van der Waals surface area contributed by atoms with Crippen LogP contribution in [0.15, 0.2) is 36.7 Å². The van der Waals surface area contributed by atoms with Crippen LogP contribution in [0.5, 0.6) is 17.2 Å². The molecule has 1 N–H and O–H groups in total. The van der Waals surface area contributed by atoms with Gasteiger partial charge in [-0.05, 0) is 51.2 Å². The van der Waals surface area contributed by atoms with Crippen LogP contribution in [0.1, 0.15) is 18.4 Å². The zero-order chi connectivity index (χ0) is 28.9. The predicted octanol–water partition coefficient (Wildman–Crippen LogP) is 4.96. The number of benzene rings is 2. The molecule has 220 valence electrons. The van der Waals surface area contributed by atoms with Crippen molar-refractivity contribution in [3.05, 3.63) is 58.9 Å². The summed E-state index contributed by atoms with van der Waals surface area (Å²) >= 11 is 6.68. The van der Waals surface area contributed by atoms with Crippen LogP contribution in [0.4, 0.5) is 26.1 Å². The van der Waals surface area contributed by atoms with Crippen molar-refractivity contribution in [3.63, 3.8) is 0 Å². The lowest BCUT2D eigenvalue weighted by Crippen LogP contribution is -2.53. The number of piperidine rings is 1. The van der Waals surface area contributed by atoms with Gasteiger partial charge in [-0.15, -0.1) is 0 Å². The molecule has 2 aliphatic rings. The number of nitrogens with one attached hydrogen (secondary N) is 1. The molecule has 0 amide bonds. The van der Waals surface area contributed by atoms with Crippen LogP contribution in [-0.4, -0.2) is 86.3 Å². The SMILES string of the molecule is COc1cc(OC)c(F)c(COc2cnc(Nc3ccc(N4CCN(C5CCN(C)CC5)CC4)c(Cl)c3)nc2)c1F. The third kappa shape index (κ3) is 6.74. The van der Waals surface area contributed by atoms with Crippen LogP contribution in [0, 0.1) is 11.6 Å². The lowest BCUT2D eigenvalue weighted by Gasteiger charge is -2.43. The second-order valence-electron chi connectivity index (χ2n) is 10.3. The Morgan fingerprint density at radius 1 is 0.927 bits per heavy atom. The molecule has 12 heteroatoms. The van der Waals surface area contributed by atoms with E-state index in [0.29, 0.717) is 17.0 Å². The van der Waals surface area contributed by atoms with E-state index in [1.165, 1.54) is 52.5 Å². The van der Waals surface area contributed by atoms with E-state index in [2.05, 4.69) is 37.0 Å². The first-order chi connectivity index (χ1) is 19.9. The quantitative estimate of drug-likeness (QED) is 0.373. The predicted molar refractivity (Wildman–Crippen MR) is 155 cm³/mol. The number of likely N-dealkylation sites (tertiary alicyclic amines) is 1. The van der Waals surface area contributed by atoms with Crippen LogP contribution in [0.2, 0.25) is 5.02 Å². The number of hydrogen-bond acceptors (Lipinski definition) is 9. The molecule has 9 nitrogen and oxygen atoms in total. The number of piperazine rings is 1. The van der Waals surface area contributed by atoms with Gasteiger partial charge >= 0.3 is 0 Å². The molecule has 3 heterocycles. The molecule has 0 atom stereocenters. The van der Waals surface area contributed by atoms with Gasteiger partial charge in [0.2, 0.25) is 5.95 Å². The summed E-state index contributed by atoms with van der Waals surface area (Å²) < 4.78 is 44.6. The van der Waals surface area contributed by atoms with E-state index in [1.807, 2.05) is 18.2 Å². The average Bonchev–Trinajstić information content (AvgIpc) is 2.99. The van der Waals surface area contributed by atoms with E-state index in [1.54, 1.807) is 0 Å². The van der Waals surface area contributed by atoms with E-state index < -0.39 is 18.2 Å². The van der Waals surface area contributed by atoms with Crippen molar-refractivity contribution in [1.29, 1.82) is 0 Å². The van der Waals surface area contributed by atoms with Crippen LogP contribution < -0.4 is 24.4 Å². The van der Waals surface area contributed by atoms with E-state index in [0.717, 1.165) is 43.6 Å². The number of aromatic nitrogens is 2. The van der Waals surface area contributed by atoms with E-state index >= 15 is 0 Å². The highest BCUT2D eigenvalue weighted by atomic mass is 35.5. The third-order valence-corrected chi connectivity index (χ3v) is 8.04. The number of nitrogens with zero attached hydrogens (tertiary/aromatic N) is 5. The van der Waals surface area contributed by atoms with Gasteiger partial charge in [-0.2, -0.15) is 0 Å². The summed E-state index contributed by atoms with van der Waals surface area (Å²) in [5, 5.41) is 3.79. The molecule has 2 aromatic carbocycles. The highest BCUT2D eigenvalue weighted by Crippen LogP contribution is 2.33. The minimum absolute atomic E-state index is 0.141. The molecule has 1 aromatic heterocycles. The van der Waals surface area contributed by atoms with Crippen LogP contribution in [-0.2, 0) is 6.61 Å². The molecular weight excluding hydrogens is 554 g/mol. The summed E-state index contributed by atoms with van der Waals surface area (Å²) in [7, 11) is 4.78. The molecule has 2 aliphatic heterocycles. The van der Waals surface area contributed by atoms with Gasteiger partial charge in [0.1, 0.15) is 6.61 Å². The minimum Gasteiger partial charge on any atom is -0.494 e. The van der Waals surface area contributed by atoms with Crippen molar-refractivity contribution in [2.75, 3.05) is 70.8 Å².